The summed E-state index contributed by atoms with van der Waals surface area (Å²) in [5.74, 6) is -0.669. The van der Waals surface area contributed by atoms with Crippen molar-refractivity contribution < 1.29 is 9.90 Å². The van der Waals surface area contributed by atoms with E-state index in [0.29, 0.717) is 6.42 Å². The third kappa shape index (κ3) is 20.7. The smallest absolute Gasteiger partial charge is 0.303 e. The van der Waals surface area contributed by atoms with Crippen molar-refractivity contribution in [2.75, 3.05) is 0 Å². The maximum atomic E-state index is 10.4. The zero-order valence-electron chi connectivity index (χ0n) is 15.7. The minimum atomic E-state index is -0.669. The average Bonchev–Trinajstić information content (AvgIpc) is 2.56. The molecule has 0 fully saturated rings. The average molecular weight is 335 g/mol. The molecule has 0 atom stereocenters. The molecule has 0 saturated heterocycles. The van der Waals surface area contributed by atoms with E-state index in [4.69, 9.17) is 5.11 Å². The van der Waals surface area contributed by atoms with Crippen LogP contribution in [0.5, 0.6) is 0 Å². The first-order valence-electron chi connectivity index (χ1n) is 9.94. The van der Waals surface area contributed by atoms with Crippen LogP contribution in [0.3, 0.4) is 0 Å². The molecule has 0 aliphatic carbocycles. The van der Waals surface area contributed by atoms with Crippen LogP contribution in [0.4, 0.5) is 0 Å². The third-order valence-corrected chi connectivity index (χ3v) is 3.99. The molecule has 0 aliphatic rings. The highest BCUT2D eigenvalue weighted by atomic mass is 16.4. The number of allylic oxidation sites excluding steroid dienone is 6. The van der Waals surface area contributed by atoms with Crippen LogP contribution in [-0.4, -0.2) is 11.1 Å². The van der Waals surface area contributed by atoms with Gasteiger partial charge in [-0.15, -0.1) is 0 Å². The number of unbranched alkanes of at least 4 members (excludes halogenated alkanes) is 9. The normalized spacial score (nSPS) is 12.0. The highest BCUT2D eigenvalue weighted by Gasteiger charge is 1.95. The van der Waals surface area contributed by atoms with Crippen LogP contribution in [0.2, 0.25) is 0 Å². The summed E-state index contributed by atoms with van der Waals surface area (Å²) in [6.45, 7) is 2.17. The second-order valence-electron chi connectivity index (χ2n) is 6.38. The first kappa shape index (κ1) is 22.7. The minimum Gasteiger partial charge on any atom is -0.481 e. The van der Waals surface area contributed by atoms with E-state index in [-0.39, 0.29) is 0 Å². The van der Waals surface area contributed by atoms with E-state index >= 15 is 0 Å². The largest absolute Gasteiger partial charge is 0.481 e. The van der Waals surface area contributed by atoms with Gasteiger partial charge in [0.2, 0.25) is 0 Å². The molecule has 1 N–H and O–H groups in total. The fourth-order valence-electron chi connectivity index (χ4n) is 2.54. The number of hydrogen-bond acceptors (Lipinski definition) is 1. The number of carboxylic acid groups (broad SMARTS) is 1. The minimum absolute atomic E-state index is 0.324. The van der Waals surface area contributed by atoms with Crippen molar-refractivity contribution in [1.29, 1.82) is 0 Å². The fraction of sp³-hybridized carbons (Fsp3) is 0.682. The lowest BCUT2D eigenvalue weighted by molar-refractivity contribution is -0.137. The standard InChI is InChI=1S/C22H38O2/c1-2-3-4-5-6-7-8-9-10-11-12-13-14-15-16-17-18-19-20-21-22(23)24/h3-4,7-8,13-14H,2,5-6,9-12,15-21H2,1H3,(H,23,24). The highest BCUT2D eigenvalue weighted by Crippen LogP contribution is 2.08. The zero-order valence-corrected chi connectivity index (χ0v) is 15.7. The maximum absolute atomic E-state index is 10.4. The lowest BCUT2D eigenvalue weighted by Gasteiger charge is -1.98. The lowest BCUT2D eigenvalue weighted by Crippen LogP contribution is -1.93. The fourth-order valence-corrected chi connectivity index (χ4v) is 2.54. The Morgan fingerprint density at radius 3 is 1.58 bits per heavy atom. The Morgan fingerprint density at radius 1 is 0.625 bits per heavy atom. The lowest BCUT2D eigenvalue weighted by atomic mass is 10.1. The molecular formula is C22H38O2. The van der Waals surface area contributed by atoms with Crippen molar-refractivity contribution in [2.45, 2.75) is 96.8 Å². The maximum Gasteiger partial charge on any atom is 0.303 e. The van der Waals surface area contributed by atoms with Crippen molar-refractivity contribution in [3.63, 3.8) is 0 Å². The number of hydrogen-bond donors (Lipinski definition) is 1. The summed E-state index contributed by atoms with van der Waals surface area (Å²) < 4.78 is 0. The van der Waals surface area contributed by atoms with Crippen LogP contribution in [-0.2, 0) is 4.79 Å². The summed E-state index contributed by atoms with van der Waals surface area (Å²) in [5.41, 5.74) is 0. The Morgan fingerprint density at radius 2 is 1.04 bits per heavy atom. The first-order chi connectivity index (χ1) is 11.8. The monoisotopic (exact) mass is 334 g/mol. The molecule has 0 saturated carbocycles. The van der Waals surface area contributed by atoms with Crippen LogP contribution in [0.15, 0.2) is 36.5 Å². The molecule has 138 valence electrons. The first-order valence-corrected chi connectivity index (χ1v) is 9.94. The molecule has 2 nitrogen and oxygen atoms in total. The van der Waals surface area contributed by atoms with Gasteiger partial charge in [-0.2, -0.15) is 0 Å². The molecule has 0 rings (SSSR count). The van der Waals surface area contributed by atoms with Crippen LogP contribution >= 0.6 is 0 Å². The number of carboxylic acids is 1. The van der Waals surface area contributed by atoms with Crippen molar-refractivity contribution in [1.82, 2.24) is 0 Å². The third-order valence-electron chi connectivity index (χ3n) is 3.99. The van der Waals surface area contributed by atoms with Gasteiger partial charge < -0.3 is 5.11 Å². The summed E-state index contributed by atoms with van der Waals surface area (Å²) in [5, 5.41) is 8.54. The molecule has 2 heteroatoms. The molecule has 0 heterocycles. The van der Waals surface area contributed by atoms with Gasteiger partial charge in [0, 0.05) is 6.42 Å². The van der Waals surface area contributed by atoms with Crippen molar-refractivity contribution in [3.05, 3.63) is 36.5 Å². The Balaban J connectivity index is 3.20. The quantitative estimate of drug-likeness (QED) is 0.225. The van der Waals surface area contributed by atoms with E-state index in [1.165, 1.54) is 64.2 Å². The van der Waals surface area contributed by atoms with Crippen molar-refractivity contribution >= 4 is 5.97 Å². The van der Waals surface area contributed by atoms with Crippen LogP contribution in [0.1, 0.15) is 96.8 Å². The Kier molecular flexibility index (Phi) is 18.7. The molecule has 0 amide bonds. The Bertz CT molecular complexity index is 353. The molecule has 0 bridgehead atoms. The zero-order chi connectivity index (χ0) is 17.7. The molecule has 0 radical (unpaired) electrons. The molecule has 0 spiro atoms. The predicted molar refractivity (Wildman–Crippen MR) is 105 cm³/mol. The van der Waals surface area contributed by atoms with E-state index in [9.17, 15) is 4.79 Å². The number of rotatable bonds is 17. The van der Waals surface area contributed by atoms with Crippen LogP contribution < -0.4 is 0 Å². The Labute approximate surface area is 149 Å². The van der Waals surface area contributed by atoms with E-state index in [2.05, 4.69) is 43.4 Å². The van der Waals surface area contributed by atoms with Gasteiger partial charge in [0.05, 0.1) is 0 Å². The van der Waals surface area contributed by atoms with Gasteiger partial charge in [-0.25, -0.2) is 0 Å². The number of carbonyl (C=O) groups is 1. The van der Waals surface area contributed by atoms with Gasteiger partial charge in [-0.05, 0) is 64.2 Å². The van der Waals surface area contributed by atoms with Gasteiger partial charge in [0.1, 0.15) is 0 Å². The molecule has 0 aromatic rings. The number of aliphatic carboxylic acids is 1. The summed E-state index contributed by atoms with van der Waals surface area (Å²) in [6, 6.07) is 0. The summed E-state index contributed by atoms with van der Waals surface area (Å²) in [4.78, 5) is 10.4. The van der Waals surface area contributed by atoms with Gasteiger partial charge >= 0.3 is 5.97 Å². The highest BCUT2D eigenvalue weighted by molar-refractivity contribution is 5.66. The second-order valence-corrected chi connectivity index (χ2v) is 6.38. The Hall–Kier alpha value is -1.31. The molecule has 0 aromatic carbocycles. The van der Waals surface area contributed by atoms with Gasteiger partial charge in [0.15, 0.2) is 0 Å². The van der Waals surface area contributed by atoms with E-state index < -0.39 is 5.97 Å². The van der Waals surface area contributed by atoms with E-state index in [1.807, 2.05) is 0 Å². The van der Waals surface area contributed by atoms with Gasteiger partial charge in [-0.1, -0.05) is 62.6 Å². The SMILES string of the molecule is CCC=CCCC=CCCCCC=CCCCCCCCC(=O)O. The van der Waals surface area contributed by atoms with E-state index in [0.717, 1.165) is 19.3 Å². The van der Waals surface area contributed by atoms with Gasteiger partial charge in [-0.3, -0.25) is 4.79 Å². The summed E-state index contributed by atoms with van der Waals surface area (Å²) in [7, 11) is 0. The van der Waals surface area contributed by atoms with Crippen LogP contribution in [0.25, 0.3) is 0 Å². The van der Waals surface area contributed by atoms with Crippen LogP contribution in [0, 0.1) is 0 Å². The molecule has 0 aliphatic heterocycles. The molecule has 0 aromatic heterocycles. The molecule has 0 unspecified atom stereocenters. The van der Waals surface area contributed by atoms with E-state index in [1.54, 1.807) is 0 Å². The second kappa shape index (κ2) is 19.7. The molecular weight excluding hydrogens is 296 g/mol. The predicted octanol–water partition coefficient (Wildman–Crippen LogP) is 7.22. The summed E-state index contributed by atoms with van der Waals surface area (Å²) in [6.07, 6.45) is 29.3. The topological polar surface area (TPSA) is 37.3 Å². The summed E-state index contributed by atoms with van der Waals surface area (Å²) >= 11 is 0. The van der Waals surface area contributed by atoms with Crippen molar-refractivity contribution in [2.24, 2.45) is 0 Å². The van der Waals surface area contributed by atoms with Gasteiger partial charge in [0.25, 0.3) is 0 Å². The van der Waals surface area contributed by atoms with Crippen molar-refractivity contribution in [3.8, 4) is 0 Å². The molecule has 24 heavy (non-hydrogen) atoms.